The first-order chi connectivity index (χ1) is 11.4. The van der Waals surface area contributed by atoms with Crippen LogP contribution in [0, 0.1) is 12.3 Å². The molecule has 8 heteroatoms. The van der Waals surface area contributed by atoms with E-state index >= 15 is 0 Å². The predicted octanol–water partition coefficient (Wildman–Crippen LogP) is 2.99. The summed E-state index contributed by atoms with van der Waals surface area (Å²) in [7, 11) is 0. The van der Waals surface area contributed by atoms with Crippen molar-refractivity contribution in [1.29, 1.82) is 0 Å². The summed E-state index contributed by atoms with van der Waals surface area (Å²) in [5.74, 6) is 1.17. The highest BCUT2D eigenvalue weighted by molar-refractivity contribution is 8.02. The predicted molar refractivity (Wildman–Crippen MR) is 95.0 cm³/mol. The van der Waals surface area contributed by atoms with E-state index in [9.17, 15) is 9.59 Å². The van der Waals surface area contributed by atoms with E-state index in [0.717, 1.165) is 0 Å². The number of fused-ring (bicyclic) bond motifs is 1. The molecule has 1 aliphatic heterocycles. The molecule has 0 fully saturated rings. The number of terminal acetylenes is 1. The van der Waals surface area contributed by atoms with E-state index < -0.39 is 12.1 Å². The molecule has 24 heavy (non-hydrogen) atoms. The van der Waals surface area contributed by atoms with Crippen LogP contribution in [0.5, 0.6) is 5.75 Å². The van der Waals surface area contributed by atoms with Crippen LogP contribution < -0.4 is 10.1 Å². The van der Waals surface area contributed by atoms with Crippen LogP contribution in [0.25, 0.3) is 0 Å². The zero-order valence-electron chi connectivity index (χ0n) is 12.6. The van der Waals surface area contributed by atoms with Gasteiger partial charge in [-0.15, -0.1) is 18.2 Å². The molecule has 0 bridgehead atoms. The standard InChI is InChI=1S/C16H13Cl2NO4S/c1-3-4-19-12(24-2)7-10(20)9-5-8-6-11(16(21)22)23-15(8)14(18)13(9)17/h1,5,7,11,19H,4,6H2,2H3,(H,21,22). The molecular weight excluding hydrogens is 373 g/mol. The van der Waals surface area contributed by atoms with Gasteiger partial charge in [0.15, 0.2) is 11.9 Å². The van der Waals surface area contributed by atoms with Crippen LogP contribution in [0.2, 0.25) is 10.0 Å². The molecule has 0 spiro atoms. The van der Waals surface area contributed by atoms with Crippen LogP contribution in [0.3, 0.4) is 0 Å². The van der Waals surface area contributed by atoms with Crippen LogP contribution in [0.1, 0.15) is 15.9 Å². The number of carbonyl (C=O) groups excluding carboxylic acids is 1. The fourth-order valence-electron chi connectivity index (χ4n) is 2.16. The third-order valence-corrected chi connectivity index (χ3v) is 4.84. The van der Waals surface area contributed by atoms with Gasteiger partial charge in [-0.3, -0.25) is 4.79 Å². The number of aliphatic carboxylic acids is 1. The molecule has 0 saturated carbocycles. The van der Waals surface area contributed by atoms with E-state index in [4.69, 9.17) is 39.5 Å². The molecule has 2 N–H and O–H groups in total. The van der Waals surface area contributed by atoms with Crippen molar-refractivity contribution in [3.05, 3.63) is 38.3 Å². The van der Waals surface area contributed by atoms with Crippen LogP contribution >= 0.6 is 35.0 Å². The zero-order chi connectivity index (χ0) is 17.9. The molecule has 0 aliphatic carbocycles. The number of hydrogen-bond donors (Lipinski definition) is 2. The molecule has 1 atom stereocenters. The van der Waals surface area contributed by atoms with Gasteiger partial charge in [0.2, 0.25) is 0 Å². The Morgan fingerprint density at radius 1 is 1.54 bits per heavy atom. The van der Waals surface area contributed by atoms with Crippen molar-refractivity contribution in [1.82, 2.24) is 5.32 Å². The second kappa shape index (κ2) is 7.84. The maximum atomic E-state index is 12.5. The highest BCUT2D eigenvalue weighted by Gasteiger charge is 2.33. The summed E-state index contributed by atoms with van der Waals surface area (Å²) in [6.07, 6.45) is 7.44. The van der Waals surface area contributed by atoms with Crippen LogP contribution in [-0.2, 0) is 11.2 Å². The smallest absolute Gasteiger partial charge is 0.345 e. The number of benzene rings is 1. The van der Waals surface area contributed by atoms with Crippen molar-refractivity contribution in [3.8, 4) is 18.1 Å². The number of halogens is 2. The van der Waals surface area contributed by atoms with Crippen molar-refractivity contribution < 1.29 is 19.4 Å². The lowest BCUT2D eigenvalue weighted by Gasteiger charge is -2.10. The minimum Gasteiger partial charge on any atom is -0.478 e. The highest BCUT2D eigenvalue weighted by atomic mass is 35.5. The van der Waals surface area contributed by atoms with Gasteiger partial charge in [-0.1, -0.05) is 29.1 Å². The molecule has 0 saturated heterocycles. The van der Waals surface area contributed by atoms with Gasteiger partial charge in [-0.2, -0.15) is 0 Å². The van der Waals surface area contributed by atoms with E-state index in [2.05, 4.69) is 11.2 Å². The molecule has 1 aromatic carbocycles. The first-order valence-electron chi connectivity index (χ1n) is 6.76. The summed E-state index contributed by atoms with van der Waals surface area (Å²) in [5.41, 5.74) is 0.722. The average molecular weight is 386 g/mol. The summed E-state index contributed by atoms with van der Waals surface area (Å²) in [6.45, 7) is 0.284. The van der Waals surface area contributed by atoms with E-state index in [0.29, 0.717) is 10.6 Å². The van der Waals surface area contributed by atoms with Gasteiger partial charge in [0, 0.05) is 23.6 Å². The Balaban J connectivity index is 2.36. The molecule has 5 nitrogen and oxygen atoms in total. The third kappa shape index (κ3) is 3.81. The molecule has 0 radical (unpaired) electrons. The van der Waals surface area contributed by atoms with Gasteiger partial charge in [0.25, 0.3) is 0 Å². The summed E-state index contributed by atoms with van der Waals surface area (Å²) < 4.78 is 5.29. The number of carbonyl (C=O) groups is 2. The summed E-state index contributed by atoms with van der Waals surface area (Å²) >= 11 is 13.6. The van der Waals surface area contributed by atoms with Gasteiger partial charge in [-0.25, -0.2) is 4.79 Å². The number of hydrogen-bond acceptors (Lipinski definition) is 5. The molecule has 1 aromatic rings. The van der Waals surface area contributed by atoms with Gasteiger partial charge in [-0.05, 0) is 12.3 Å². The van der Waals surface area contributed by atoms with E-state index in [1.165, 1.54) is 23.9 Å². The summed E-state index contributed by atoms with van der Waals surface area (Å²) in [6, 6.07) is 1.52. The van der Waals surface area contributed by atoms with Gasteiger partial charge < -0.3 is 15.2 Å². The summed E-state index contributed by atoms with van der Waals surface area (Å²) in [5, 5.41) is 12.6. The lowest BCUT2D eigenvalue weighted by Crippen LogP contribution is -2.24. The molecule has 1 unspecified atom stereocenters. The fourth-order valence-corrected chi connectivity index (χ4v) is 3.10. The molecule has 2 rings (SSSR count). The molecule has 0 amide bonds. The quantitative estimate of drug-likeness (QED) is 0.445. The lowest BCUT2D eigenvalue weighted by atomic mass is 10.0. The molecule has 0 aromatic heterocycles. The number of carboxylic acid groups (broad SMARTS) is 1. The van der Waals surface area contributed by atoms with Gasteiger partial charge in [0.1, 0.15) is 10.8 Å². The topological polar surface area (TPSA) is 75.6 Å². The van der Waals surface area contributed by atoms with E-state index in [1.54, 1.807) is 6.26 Å². The molecule has 1 aliphatic rings. The zero-order valence-corrected chi connectivity index (χ0v) is 14.9. The number of thioether (sulfide) groups is 1. The Labute approximate surface area is 153 Å². The van der Waals surface area contributed by atoms with E-state index in [1.807, 2.05) is 0 Å². The van der Waals surface area contributed by atoms with Gasteiger partial charge >= 0.3 is 5.97 Å². The van der Waals surface area contributed by atoms with Gasteiger partial charge in [0.05, 0.1) is 16.6 Å². The molecule has 126 valence electrons. The van der Waals surface area contributed by atoms with Crippen molar-refractivity contribution in [2.45, 2.75) is 12.5 Å². The fraction of sp³-hybridized carbons (Fsp3) is 0.250. The van der Waals surface area contributed by atoms with Crippen LogP contribution in [0.4, 0.5) is 0 Å². The monoisotopic (exact) mass is 385 g/mol. The second-order valence-electron chi connectivity index (χ2n) is 4.82. The Morgan fingerprint density at radius 2 is 2.25 bits per heavy atom. The maximum Gasteiger partial charge on any atom is 0.345 e. The number of allylic oxidation sites excluding steroid dienone is 1. The van der Waals surface area contributed by atoms with Crippen molar-refractivity contribution >= 4 is 46.7 Å². The Bertz CT molecular complexity index is 770. The molecular formula is C16H13Cl2NO4S. The minimum absolute atomic E-state index is 0.0279. The first kappa shape index (κ1) is 18.5. The van der Waals surface area contributed by atoms with Crippen molar-refractivity contribution in [2.24, 2.45) is 0 Å². The highest BCUT2D eigenvalue weighted by Crippen LogP contribution is 2.42. The molecule has 1 heterocycles. The Kier molecular flexibility index (Phi) is 6.05. The maximum absolute atomic E-state index is 12.5. The normalized spacial score (nSPS) is 16.1. The van der Waals surface area contributed by atoms with Crippen LogP contribution in [-0.4, -0.2) is 35.8 Å². The average Bonchev–Trinajstić information content (AvgIpc) is 2.99. The second-order valence-corrected chi connectivity index (χ2v) is 6.43. The number of nitrogens with one attached hydrogen (secondary N) is 1. The Hall–Kier alpha value is -1.81. The third-order valence-electron chi connectivity index (χ3n) is 3.29. The number of ketones is 1. The van der Waals surface area contributed by atoms with Crippen molar-refractivity contribution in [2.75, 3.05) is 12.8 Å². The van der Waals surface area contributed by atoms with E-state index in [-0.39, 0.29) is 40.1 Å². The minimum atomic E-state index is -1.10. The number of rotatable bonds is 6. The number of ether oxygens (including phenoxy) is 1. The van der Waals surface area contributed by atoms with Crippen LogP contribution in [0.15, 0.2) is 17.2 Å². The lowest BCUT2D eigenvalue weighted by molar-refractivity contribution is -0.144. The summed E-state index contributed by atoms with van der Waals surface area (Å²) in [4.78, 5) is 23.5. The number of carboxylic acids is 1. The first-order valence-corrected chi connectivity index (χ1v) is 8.74. The Morgan fingerprint density at radius 3 is 2.83 bits per heavy atom. The SMILES string of the molecule is C#CCNC(=CC(=O)c1cc2c(c(Cl)c1Cl)OC(C(=O)O)C2)SC. The largest absolute Gasteiger partial charge is 0.478 e. The van der Waals surface area contributed by atoms with Crippen molar-refractivity contribution in [3.63, 3.8) is 0 Å².